The van der Waals surface area contributed by atoms with Gasteiger partial charge < -0.3 is 4.74 Å². The number of rotatable bonds is 5. The van der Waals surface area contributed by atoms with E-state index >= 15 is 0 Å². The lowest BCUT2D eigenvalue weighted by atomic mass is 10.0. The number of hydrogen-bond acceptors (Lipinski definition) is 2. The van der Waals surface area contributed by atoms with Crippen molar-refractivity contribution < 1.29 is 27.1 Å². The molecule has 19 heavy (non-hydrogen) atoms. The number of hydrogen-bond donors (Lipinski definition) is 0. The lowest BCUT2D eigenvalue weighted by Crippen LogP contribution is -2.23. The average molecular weight is 278 g/mol. The number of alkyl halides is 3. The van der Waals surface area contributed by atoms with Gasteiger partial charge in [-0.05, 0) is 24.6 Å². The van der Waals surface area contributed by atoms with Gasteiger partial charge in [-0.25, -0.2) is 4.39 Å². The molecule has 1 unspecified atom stereocenters. The molecule has 0 aliphatic carbocycles. The fourth-order valence-electron chi connectivity index (χ4n) is 1.70. The zero-order valence-electron chi connectivity index (χ0n) is 10.6. The fraction of sp³-hybridized carbons (Fsp3) is 0.462. The maximum absolute atomic E-state index is 13.1. The third-order valence-corrected chi connectivity index (χ3v) is 2.68. The summed E-state index contributed by atoms with van der Waals surface area (Å²) in [6.45, 7) is 1.82. The van der Waals surface area contributed by atoms with Crippen LogP contribution in [-0.4, -0.2) is 19.0 Å². The van der Waals surface area contributed by atoms with Crippen LogP contribution in [0.25, 0.3) is 0 Å². The van der Waals surface area contributed by atoms with Gasteiger partial charge in [0.25, 0.3) is 0 Å². The van der Waals surface area contributed by atoms with Crippen molar-refractivity contribution in [3.63, 3.8) is 0 Å². The van der Waals surface area contributed by atoms with E-state index in [-0.39, 0.29) is 5.56 Å². The van der Waals surface area contributed by atoms with Gasteiger partial charge in [-0.1, -0.05) is 13.3 Å². The van der Waals surface area contributed by atoms with Gasteiger partial charge in [-0.3, -0.25) is 4.79 Å². The molecule has 1 aromatic carbocycles. The monoisotopic (exact) mass is 278 g/mol. The number of carbonyl (C=O) groups excluding carboxylic acids is 1. The summed E-state index contributed by atoms with van der Waals surface area (Å²) in [4.78, 5) is 11.9. The summed E-state index contributed by atoms with van der Waals surface area (Å²) < 4.78 is 55.7. The molecule has 106 valence electrons. The Hall–Kier alpha value is -1.43. The van der Waals surface area contributed by atoms with Crippen LogP contribution in [0.2, 0.25) is 0 Å². The van der Waals surface area contributed by atoms with Gasteiger partial charge in [0, 0.05) is 12.7 Å². The van der Waals surface area contributed by atoms with Crippen molar-refractivity contribution in [2.24, 2.45) is 0 Å². The Morgan fingerprint density at radius 1 is 1.37 bits per heavy atom. The lowest BCUT2D eigenvalue weighted by molar-refractivity contribution is -0.140. The van der Waals surface area contributed by atoms with E-state index < -0.39 is 29.4 Å². The predicted octanol–water partition coefficient (Wildman–Crippen LogP) is 3.84. The number of carbonyl (C=O) groups is 1. The minimum atomic E-state index is -4.83. The van der Waals surface area contributed by atoms with E-state index in [0.717, 1.165) is 6.07 Å². The smallest absolute Gasteiger partial charge is 0.373 e. The van der Waals surface area contributed by atoms with Crippen molar-refractivity contribution in [2.75, 3.05) is 7.11 Å². The van der Waals surface area contributed by atoms with Crippen LogP contribution in [0.5, 0.6) is 0 Å². The molecule has 0 aliphatic rings. The highest BCUT2D eigenvalue weighted by molar-refractivity contribution is 5.99. The summed E-state index contributed by atoms with van der Waals surface area (Å²) in [6, 6.07) is 2.21. The van der Waals surface area contributed by atoms with E-state index in [1.807, 2.05) is 6.92 Å². The molecule has 2 nitrogen and oxygen atoms in total. The standard InChI is InChI=1S/C13H14F4O2/c1-3-4-11(19-2)12(18)8-5-6-10(14)9(7-8)13(15,16)17/h5-7,11H,3-4H2,1-2H3. The number of ketones is 1. The van der Waals surface area contributed by atoms with E-state index in [1.54, 1.807) is 0 Å². The number of methoxy groups -OCH3 is 1. The molecule has 0 saturated heterocycles. The van der Waals surface area contributed by atoms with Gasteiger partial charge in [0.05, 0.1) is 5.56 Å². The summed E-state index contributed by atoms with van der Waals surface area (Å²) in [5.41, 5.74) is -1.64. The van der Waals surface area contributed by atoms with E-state index in [4.69, 9.17) is 4.74 Å². The third-order valence-electron chi connectivity index (χ3n) is 2.68. The average Bonchev–Trinajstić information content (AvgIpc) is 2.34. The third kappa shape index (κ3) is 3.76. The number of benzene rings is 1. The minimum absolute atomic E-state index is 0.200. The molecule has 1 aromatic rings. The molecular weight excluding hydrogens is 264 g/mol. The van der Waals surface area contributed by atoms with Crippen LogP contribution in [0.3, 0.4) is 0 Å². The van der Waals surface area contributed by atoms with Crippen molar-refractivity contribution >= 4 is 5.78 Å². The van der Waals surface area contributed by atoms with Crippen molar-refractivity contribution in [1.82, 2.24) is 0 Å². The summed E-state index contributed by atoms with van der Waals surface area (Å²) in [7, 11) is 1.31. The van der Waals surface area contributed by atoms with Crippen LogP contribution in [0.1, 0.15) is 35.7 Å². The molecule has 0 heterocycles. The van der Waals surface area contributed by atoms with Gasteiger partial charge in [-0.2, -0.15) is 13.2 Å². The van der Waals surface area contributed by atoms with E-state index in [0.29, 0.717) is 25.0 Å². The highest BCUT2D eigenvalue weighted by Crippen LogP contribution is 2.32. The minimum Gasteiger partial charge on any atom is -0.373 e. The number of ether oxygens (including phenoxy) is 1. The first-order chi connectivity index (χ1) is 8.81. The largest absolute Gasteiger partial charge is 0.419 e. The maximum atomic E-state index is 13.1. The van der Waals surface area contributed by atoms with Crippen LogP contribution in [0.4, 0.5) is 17.6 Å². The van der Waals surface area contributed by atoms with E-state index in [9.17, 15) is 22.4 Å². The summed E-state index contributed by atoms with van der Waals surface area (Å²) >= 11 is 0. The van der Waals surface area contributed by atoms with Gasteiger partial charge in [-0.15, -0.1) is 0 Å². The predicted molar refractivity (Wildman–Crippen MR) is 61.4 cm³/mol. The second-order valence-corrected chi connectivity index (χ2v) is 4.07. The molecule has 0 bridgehead atoms. The molecule has 0 aromatic heterocycles. The molecule has 6 heteroatoms. The molecule has 0 amide bonds. The Bertz CT molecular complexity index is 454. The molecule has 1 rings (SSSR count). The van der Waals surface area contributed by atoms with Gasteiger partial charge in [0.2, 0.25) is 0 Å². The molecule has 0 N–H and O–H groups in total. The van der Waals surface area contributed by atoms with E-state index in [2.05, 4.69) is 0 Å². The first-order valence-corrected chi connectivity index (χ1v) is 5.75. The summed E-state index contributed by atoms with van der Waals surface area (Å²) in [5, 5.41) is 0. The Balaban J connectivity index is 3.12. The lowest BCUT2D eigenvalue weighted by Gasteiger charge is -2.14. The van der Waals surface area contributed by atoms with Crippen molar-refractivity contribution in [2.45, 2.75) is 32.0 Å². The molecule has 0 aliphatic heterocycles. The van der Waals surface area contributed by atoms with Crippen LogP contribution >= 0.6 is 0 Å². The normalized spacial score (nSPS) is 13.4. The number of Topliss-reactive ketones (excluding diaryl/α,β-unsaturated/α-hetero) is 1. The molecule has 0 radical (unpaired) electrons. The highest BCUT2D eigenvalue weighted by Gasteiger charge is 2.35. The van der Waals surface area contributed by atoms with Gasteiger partial charge in [0.1, 0.15) is 11.9 Å². The van der Waals surface area contributed by atoms with Crippen molar-refractivity contribution in [1.29, 1.82) is 0 Å². The van der Waals surface area contributed by atoms with Crippen LogP contribution in [0.15, 0.2) is 18.2 Å². The first kappa shape index (κ1) is 15.6. The van der Waals surface area contributed by atoms with Crippen molar-refractivity contribution in [3.05, 3.63) is 35.1 Å². The Morgan fingerprint density at radius 3 is 2.47 bits per heavy atom. The summed E-state index contributed by atoms with van der Waals surface area (Å²) in [5.74, 6) is -1.97. The molecular formula is C13H14F4O2. The topological polar surface area (TPSA) is 26.3 Å². The Morgan fingerprint density at radius 2 is 2.00 bits per heavy atom. The maximum Gasteiger partial charge on any atom is 0.419 e. The molecule has 1 atom stereocenters. The zero-order valence-corrected chi connectivity index (χ0v) is 10.6. The molecule has 0 spiro atoms. The summed E-state index contributed by atoms with van der Waals surface area (Å²) in [6.07, 6.45) is -4.59. The van der Waals surface area contributed by atoms with E-state index in [1.165, 1.54) is 7.11 Å². The zero-order chi connectivity index (χ0) is 14.6. The van der Waals surface area contributed by atoms with Gasteiger partial charge in [0.15, 0.2) is 5.78 Å². The Labute approximate surface area is 108 Å². The number of halogens is 4. The molecule has 0 fully saturated rings. The van der Waals surface area contributed by atoms with Crippen molar-refractivity contribution in [3.8, 4) is 0 Å². The van der Waals surface area contributed by atoms with Gasteiger partial charge >= 0.3 is 6.18 Å². The fourth-order valence-corrected chi connectivity index (χ4v) is 1.70. The molecule has 0 saturated carbocycles. The quantitative estimate of drug-likeness (QED) is 0.604. The van der Waals surface area contributed by atoms with Crippen LogP contribution in [0, 0.1) is 5.82 Å². The second kappa shape index (κ2) is 6.14. The SMILES string of the molecule is CCCC(OC)C(=O)c1ccc(F)c(C(F)(F)F)c1. The van der Waals surface area contributed by atoms with Crippen LogP contribution < -0.4 is 0 Å². The second-order valence-electron chi connectivity index (χ2n) is 4.07. The highest BCUT2D eigenvalue weighted by atomic mass is 19.4. The Kier molecular flexibility index (Phi) is 5.05. The van der Waals surface area contributed by atoms with Crippen LogP contribution in [-0.2, 0) is 10.9 Å². The first-order valence-electron chi connectivity index (χ1n) is 5.75.